The van der Waals surface area contributed by atoms with Crippen molar-refractivity contribution in [1.82, 2.24) is 0 Å². The zero-order valence-electron chi connectivity index (χ0n) is 4.27. The van der Waals surface area contributed by atoms with Crippen LogP contribution in [0.2, 0.25) is 0 Å². The van der Waals surface area contributed by atoms with E-state index in [9.17, 15) is 0 Å². The van der Waals surface area contributed by atoms with Gasteiger partial charge in [-0.25, -0.2) is 0 Å². The molecule has 0 amide bonds. The molecule has 0 unspecified atom stereocenters. The maximum Gasteiger partial charge on any atom is -0.0142 e. The molecule has 6 heavy (non-hydrogen) atoms. The summed E-state index contributed by atoms with van der Waals surface area (Å²) < 4.78 is 0. The van der Waals surface area contributed by atoms with Crippen molar-refractivity contribution in [3.63, 3.8) is 0 Å². The maximum atomic E-state index is 2.14. The Balaban J connectivity index is 2.73. The molecule has 0 heterocycles. The Morgan fingerprint density at radius 1 is 1.67 bits per heavy atom. The SMILES string of the molecule is CC/C=C/SC. The van der Waals surface area contributed by atoms with E-state index >= 15 is 0 Å². The van der Waals surface area contributed by atoms with E-state index in [1.807, 2.05) is 0 Å². The van der Waals surface area contributed by atoms with Crippen LogP contribution in [-0.2, 0) is 0 Å². The third kappa shape index (κ3) is 4.09. The van der Waals surface area contributed by atoms with Gasteiger partial charge in [-0.05, 0) is 18.1 Å². The summed E-state index contributed by atoms with van der Waals surface area (Å²) in [6.07, 6.45) is 5.36. The van der Waals surface area contributed by atoms with Gasteiger partial charge in [0.05, 0.1) is 0 Å². The lowest BCUT2D eigenvalue weighted by molar-refractivity contribution is 1.23. The molecule has 0 spiro atoms. The van der Waals surface area contributed by atoms with Crippen LogP contribution >= 0.6 is 11.8 Å². The molecule has 36 valence electrons. The molecule has 0 fully saturated rings. The summed E-state index contributed by atoms with van der Waals surface area (Å²) in [5.74, 6) is 0. The highest BCUT2D eigenvalue weighted by Crippen LogP contribution is 1.93. The van der Waals surface area contributed by atoms with E-state index in [-0.39, 0.29) is 0 Å². The molecule has 0 aromatic heterocycles. The molecule has 1 heteroatoms. The van der Waals surface area contributed by atoms with Crippen LogP contribution in [0.25, 0.3) is 0 Å². The molecule has 0 saturated heterocycles. The number of hydrogen-bond donors (Lipinski definition) is 0. The number of allylic oxidation sites excluding steroid dienone is 1. The third-order valence-electron chi connectivity index (χ3n) is 0.468. The van der Waals surface area contributed by atoms with Crippen molar-refractivity contribution in [3.05, 3.63) is 11.5 Å². The van der Waals surface area contributed by atoms with Crippen molar-refractivity contribution >= 4 is 11.8 Å². The van der Waals surface area contributed by atoms with E-state index in [1.165, 1.54) is 0 Å². The molecular formula is C5H10S. The van der Waals surface area contributed by atoms with E-state index in [0.29, 0.717) is 0 Å². The lowest BCUT2D eigenvalue weighted by Crippen LogP contribution is -1.46. The molecule has 0 nitrogen and oxygen atoms in total. The fraction of sp³-hybridized carbons (Fsp3) is 0.600. The summed E-state index contributed by atoms with van der Waals surface area (Å²) in [4.78, 5) is 0. The zero-order chi connectivity index (χ0) is 4.83. The van der Waals surface area contributed by atoms with Gasteiger partial charge >= 0.3 is 0 Å². The monoisotopic (exact) mass is 102 g/mol. The van der Waals surface area contributed by atoms with Gasteiger partial charge in [0.15, 0.2) is 0 Å². The maximum absolute atomic E-state index is 2.14. The molecule has 0 N–H and O–H groups in total. The average molecular weight is 102 g/mol. The zero-order valence-corrected chi connectivity index (χ0v) is 5.09. The number of hydrogen-bond acceptors (Lipinski definition) is 1. The molecule has 0 aliphatic carbocycles. The van der Waals surface area contributed by atoms with Gasteiger partial charge < -0.3 is 0 Å². The highest BCUT2D eigenvalue weighted by Gasteiger charge is 1.59. The third-order valence-corrected chi connectivity index (χ3v) is 0.933. The fourth-order valence-corrected chi connectivity index (χ4v) is 0.577. The van der Waals surface area contributed by atoms with E-state index in [4.69, 9.17) is 0 Å². The number of rotatable bonds is 2. The normalized spacial score (nSPS) is 10.3. The molecule has 0 aliphatic rings. The lowest BCUT2D eigenvalue weighted by atomic mass is 10.5. The standard InChI is InChI=1S/C5H10S/c1-3-4-5-6-2/h4-5H,3H2,1-2H3/b5-4+. The Bertz CT molecular complexity index is 33.2. The highest BCUT2D eigenvalue weighted by atomic mass is 32.2. The predicted octanol–water partition coefficient (Wildman–Crippen LogP) is 2.27. The van der Waals surface area contributed by atoms with Crippen molar-refractivity contribution in [3.8, 4) is 0 Å². The molecular weight excluding hydrogens is 92.1 g/mol. The summed E-state index contributed by atoms with van der Waals surface area (Å²) in [6.45, 7) is 2.13. The molecule has 0 rings (SSSR count). The van der Waals surface area contributed by atoms with Crippen molar-refractivity contribution in [2.75, 3.05) is 6.26 Å². The van der Waals surface area contributed by atoms with Crippen LogP contribution in [0, 0.1) is 0 Å². The highest BCUT2D eigenvalue weighted by molar-refractivity contribution is 8.01. The molecule has 0 aliphatic heterocycles. The largest absolute Gasteiger partial charge is 0.138 e. The second-order valence-corrected chi connectivity index (χ2v) is 1.76. The van der Waals surface area contributed by atoms with Gasteiger partial charge in [-0.3, -0.25) is 0 Å². The van der Waals surface area contributed by atoms with Gasteiger partial charge in [0.1, 0.15) is 0 Å². The number of thioether (sulfide) groups is 1. The Labute approximate surface area is 43.6 Å². The summed E-state index contributed by atoms with van der Waals surface area (Å²) in [6, 6.07) is 0. The molecule has 0 radical (unpaired) electrons. The topological polar surface area (TPSA) is 0 Å². The Morgan fingerprint density at radius 2 is 2.33 bits per heavy atom. The van der Waals surface area contributed by atoms with Gasteiger partial charge in [0.2, 0.25) is 0 Å². The van der Waals surface area contributed by atoms with Crippen LogP contribution in [0.15, 0.2) is 11.5 Å². The predicted molar refractivity (Wildman–Crippen MR) is 32.9 cm³/mol. The van der Waals surface area contributed by atoms with E-state index in [2.05, 4.69) is 24.7 Å². The minimum atomic E-state index is 1.15. The van der Waals surface area contributed by atoms with E-state index in [0.717, 1.165) is 6.42 Å². The van der Waals surface area contributed by atoms with Crippen LogP contribution in [0.3, 0.4) is 0 Å². The first-order chi connectivity index (χ1) is 2.91. The van der Waals surface area contributed by atoms with Gasteiger partial charge in [-0.15, -0.1) is 11.8 Å². The Morgan fingerprint density at radius 3 is 2.50 bits per heavy atom. The second-order valence-electron chi connectivity index (χ2n) is 1.02. The van der Waals surface area contributed by atoms with Crippen LogP contribution in [0.5, 0.6) is 0 Å². The van der Waals surface area contributed by atoms with Crippen LogP contribution < -0.4 is 0 Å². The van der Waals surface area contributed by atoms with Crippen molar-refractivity contribution in [1.29, 1.82) is 0 Å². The first kappa shape index (κ1) is 6.09. The molecule has 0 aromatic rings. The quantitative estimate of drug-likeness (QED) is 0.515. The van der Waals surface area contributed by atoms with Crippen molar-refractivity contribution < 1.29 is 0 Å². The molecule has 0 saturated carbocycles. The first-order valence-corrected chi connectivity index (χ1v) is 3.38. The van der Waals surface area contributed by atoms with Crippen LogP contribution in [0.1, 0.15) is 13.3 Å². The molecule has 0 bridgehead atoms. The van der Waals surface area contributed by atoms with Crippen LogP contribution in [-0.4, -0.2) is 6.26 Å². The minimum Gasteiger partial charge on any atom is -0.138 e. The van der Waals surface area contributed by atoms with Crippen LogP contribution in [0.4, 0.5) is 0 Å². The van der Waals surface area contributed by atoms with E-state index < -0.39 is 0 Å². The summed E-state index contributed by atoms with van der Waals surface area (Å²) >= 11 is 1.75. The van der Waals surface area contributed by atoms with Crippen molar-refractivity contribution in [2.24, 2.45) is 0 Å². The Hall–Kier alpha value is 0.0900. The summed E-state index contributed by atoms with van der Waals surface area (Å²) in [5, 5.41) is 2.10. The van der Waals surface area contributed by atoms with Gasteiger partial charge in [0, 0.05) is 0 Å². The first-order valence-electron chi connectivity index (χ1n) is 2.09. The smallest absolute Gasteiger partial charge is 0.0142 e. The molecule has 0 atom stereocenters. The fourth-order valence-electron chi connectivity index (χ4n) is 0.192. The Kier molecular flexibility index (Phi) is 5.17. The van der Waals surface area contributed by atoms with Gasteiger partial charge in [-0.1, -0.05) is 13.0 Å². The molecule has 0 aromatic carbocycles. The van der Waals surface area contributed by atoms with Crippen molar-refractivity contribution in [2.45, 2.75) is 13.3 Å². The van der Waals surface area contributed by atoms with Gasteiger partial charge in [0.25, 0.3) is 0 Å². The lowest BCUT2D eigenvalue weighted by Gasteiger charge is -1.72. The summed E-state index contributed by atoms with van der Waals surface area (Å²) in [7, 11) is 0. The summed E-state index contributed by atoms with van der Waals surface area (Å²) in [5.41, 5.74) is 0. The second kappa shape index (κ2) is 5.09. The van der Waals surface area contributed by atoms with E-state index in [1.54, 1.807) is 11.8 Å². The average Bonchev–Trinajstić information content (AvgIpc) is 1.61. The minimum absolute atomic E-state index is 1.15. The van der Waals surface area contributed by atoms with Gasteiger partial charge in [-0.2, -0.15) is 0 Å².